The average molecular weight is 645 g/mol. The van der Waals surface area contributed by atoms with Crippen LogP contribution in [0, 0.1) is 0 Å². The van der Waals surface area contributed by atoms with Gasteiger partial charge < -0.3 is 29.7 Å². The van der Waals surface area contributed by atoms with Crippen molar-refractivity contribution in [3.05, 3.63) is 65.2 Å². The number of likely N-dealkylation sites (tertiary alicyclic amines) is 3. The van der Waals surface area contributed by atoms with Crippen LogP contribution >= 0.6 is 0 Å². The number of aliphatic hydroxyl groups is 1. The summed E-state index contributed by atoms with van der Waals surface area (Å²) in [4.78, 5) is 30.4. The molecule has 0 radical (unpaired) electrons. The van der Waals surface area contributed by atoms with Crippen LogP contribution in [0.5, 0.6) is 0 Å². The van der Waals surface area contributed by atoms with Crippen LogP contribution in [0.4, 0.5) is 18.9 Å². The van der Waals surface area contributed by atoms with E-state index in [2.05, 4.69) is 15.1 Å². The number of hydrogen-bond acceptors (Lipinski definition) is 7. The Hall–Kier alpha value is -3.03. The molecule has 2 aromatic rings. The van der Waals surface area contributed by atoms with Crippen molar-refractivity contribution in [3.8, 4) is 0 Å². The van der Waals surface area contributed by atoms with E-state index in [0.29, 0.717) is 29.5 Å². The number of carbonyl (C=O) groups excluding carboxylic acids is 2. The van der Waals surface area contributed by atoms with Gasteiger partial charge in [-0.3, -0.25) is 14.5 Å². The van der Waals surface area contributed by atoms with Crippen molar-refractivity contribution in [1.29, 1.82) is 0 Å². The van der Waals surface area contributed by atoms with Gasteiger partial charge in [0.25, 0.3) is 0 Å². The lowest BCUT2D eigenvalue weighted by Gasteiger charge is -2.39. The number of rotatable bonds is 9. The molecule has 4 heterocycles. The maximum Gasteiger partial charge on any atom is 0.471 e. The number of nitrogens with zero attached hydrogens (tertiary/aromatic N) is 3. The Labute approximate surface area is 267 Å². The summed E-state index contributed by atoms with van der Waals surface area (Å²) in [6.45, 7) is 5.14. The van der Waals surface area contributed by atoms with Crippen molar-refractivity contribution in [1.82, 2.24) is 14.7 Å². The third-order valence-electron chi connectivity index (χ3n) is 9.73. The molecule has 250 valence electrons. The topological polar surface area (TPSA) is 94.6 Å². The molecule has 2 amide bonds. The van der Waals surface area contributed by atoms with Crippen LogP contribution in [-0.4, -0.2) is 95.3 Å². The smallest absolute Gasteiger partial charge is 0.392 e. The first kappa shape index (κ1) is 32.9. The lowest BCUT2D eigenvalue weighted by Crippen LogP contribution is -2.48. The SMILES string of the molecule is O=C(Nc1ccc([C@@H]2O[C@H](CN3CCC[C@H]3CN3CCCC3)C[C@H](c3ccc(CO)cc3)O2)cc1)[C@@H]1CCCN1C(=O)C(F)(F)F. The molecule has 5 atom stereocenters. The minimum absolute atomic E-state index is 0.0339. The molecule has 0 saturated carbocycles. The normalized spacial score (nSPS) is 27.7. The molecule has 0 bridgehead atoms. The zero-order valence-corrected chi connectivity index (χ0v) is 26.0. The molecule has 9 nitrogen and oxygen atoms in total. The summed E-state index contributed by atoms with van der Waals surface area (Å²) in [5, 5.41) is 12.2. The van der Waals surface area contributed by atoms with Crippen LogP contribution in [0.1, 0.15) is 74.0 Å². The van der Waals surface area contributed by atoms with E-state index in [-0.39, 0.29) is 31.8 Å². The van der Waals surface area contributed by atoms with Gasteiger partial charge in [0.15, 0.2) is 6.29 Å². The number of nitrogens with one attached hydrogen (secondary N) is 1. The highest BCUT2D eigenvalue weighted by Gasteiger charge is 2.47. The zero-order chi connectivity index (χ0) is 32.3. The Bertz CT molecular complexity index is 1340. The Morgan fingerprint density at radius 2 is 1.54 bits per heavy atom. The molecular formula is C34H43F3N4O5. The summed E-state index contributed by atoms with van der Waals surface area (Å²) in [6, 6.07) is 14.0. The third-order valence-corrected chi connectivity index (χ3v) is 9.73. The van der Waals surface area contributed by atoms with Crippen molar-refractivity contribution in [2.45, 2.75) is 88.3 Å². The summed E-state index contributed by atoms with van der Waals surface area (Å²) < 4.78 is 52.2. The third kappa shape index (κ3) is 7.74. The molecular weight excluding hydrogens is 601 g/mol. The Morgan fingerprint density at radius 1 is 0.848 bits per heavy atom. The van der Waals surface area contributed by atoms with Crippen LogP contribution in [0.15, 0.2) is 48.5 Å². The molecule has 4 fully saturated rings. The van der Waals surface area contributed by atoms with E-state index in [1.54, 1.807) is 24.3 Å². The maximum atomic E-state index is 13.0. The summed E-state index contributed by atoms with van der Waals surface area (Å²) >= 11 is 0. The lowest BCUT2D eigenvalue weighted by atomic mass is 9.99. The van der Waals surface area contributed by atoms with Crippen LogP contribution in [0.25, 0.3) is 0 Å². The van der Waals surface area contributed by atoms with Gasteiger partial charge in [0.2, 0.25) is 5.91 Å². The van der Waals surface area contributed by atoms with Gasteiger partial charge in [0, 0.05) is 43.3 Å². The number of aliphatic hydroxyl groups excluding tert-OH is 1. The molecule has 2 N–H and O–H groups in total. The van der Waals surface area contributed by atoms with E-state index in [9.17, 15) is 27.9 Å². The molecule has 6 rings (SSSR count). The molecule has 46 heavy (non-hydrogen) atoms. The molecule has 4 saturated heterocycles. The zero-order valence-electron chi connectivity index (χ0n) is 26.0. The van der Waals surface area contributed by atoms with Crippen molar-refractivity contribution < 1.29 is 37.3 Å². The first-order valence-electron chi connectivity index (χ1n) is 16.4. The van der Waals surface area contributed by atoms with E-state index < -0.39 is 30.3 Å². The quantitative estimate of drug-likeness (QED) is 0.406. The Balaban J connectivity index is 1.14. The standard InChI is InChI=1S/C34H43F3N4O5/c35-34(36,37)33(44)41-18-4-6-29(41)31(43)38-26-13-11-25(12-14-26)32-45-28(19-30(46-32)24-9-7-23(22-42)8-10-24)21-40-17-3-5-27(40)20-39-15-1-2-16-39/h7-14,27-30,32,42H,1-6,15-22H2,(H,38,43)/t27-,28-,29-,30+,32+/m0/s1. The van der Waals surface area contributed by atoms with Gasteiger partial charge in [-0.15, -0.1) is 0 Å². The van der Waals surface area contributed by atoms with Crippen molar-refractivity contribution in [2.24, 2.45) is 0 Å². The number of alkyl halides is 3. The number of carbonyl (C=O) groups is 2. The molecule has 0 spiro atoms. The first-order valence-corrected chi connectivity index (χ1v) is 16.4. The lowest BCUT2D eigenvalue weighted by molar-refractivity contribution is -0.253. The van der Waals surface area contributed by atoms with Gasteiger partial charge in [0.05, 0.1) is 18.8 Å². The summed E-state index contributed by atoms with van der Waals surface area (Å²) in [5.41, 5.74) is 2.99. The number of anilines is 1. The van der Waals surface area contributed by atoms with Gasteiger partial charge in [0.1, 0.15) is 6.04 Å². The number of benzene rings is 2. The molecule has 4 aliphatic rings. The highest BCUT2D eigenvalue weighted by atomic mass is 19.4. The van der Waals surface area contributed by atoms with Gasteiger partial charge in [-0.25, -0.2) is 0 Å². The van der Waals surface area contributed by atoms with Gasteiger partial charge in [-0.05, 0) is 81.4 Å². The molecule has 2 aromatic carbocycles. The van der Waals surface area contributed by atoms with Crippen molar-refractivity contribution >= 4 is 17.5 Å². The highest BCUT2D eigenvalue weighted by Crippen LogP contribution is 2.39. The number of halogens is 3. The van der Waals surface area contributed by atoms with Crippen molar-refractivity contribution in [3.63, 3.8) is 0 Å². The number of amides is 2. The fourth-order valence-corrected chi connectivity index (χ4v) is 7.29. The molecule has 0 aliphatic carbocycles. The largest absolute Gasteiger partial charge is 0.471 e. The molecule has 12 heteroatoms. The van der Waals surface area contributed by atoms with Gasteiger partial charge in [-0.2, -0.15) is 13.2 Å². The second kappa shape index (κ2) is 14.4. The molecule has 0 unspecified atom stereocenters. The summed E-state index contributed by atoms with van der Waals surface area (Å²) in [6.07, 6.45) is 0.0914. The minimum Gasteiger partial charge on any atom is -0.392 e. The predicted molar refractivity (Wildman–Crippen MR) is 165 cm³/mol. The second-order valence-electron chi connectivity index (χ2n) is 12.9. The fraction of sp³-hybridized carbons (Fsp3) is 0.588. The first-order chi connectivity index (χ1) is 22.2. The van der Waals surface area contributed by atoms with Crippen molar-refractivity contribution in [2.75, 3.05) is 44.6 Å². The van der Waals surface area contributed by atoms with Gasteiger partial charge in [-0.1, -0.05) is 36.4 Å². The minimum atomic E-state index is -5.02. The van der Waals surface area contributed by atoms with Crippen LogP contribution in [0.2, 0.25) is 0 Å². The van der Waals surface area contributed by atoms with Crippen LogP contribution in [-0.2, 0) is 25.7 Å². The maximum absolute atomic E-state index is 13.0. The Kier molecular flexibility index (Phi) is 10.3. The van der Waals surface area contributed by atoms with E-state index in [1.165, 1.54) is 38.8 Å². The van der Waals surface area contributed by atoms with E-state index in [0.717, 1.165) is 36.3 Å². The second-order valence-corrected chi connectivity index (χ2v) is 12.9. The molecule has 4 aliphatic heterocycles. The summed E-state index contributed by atoms with van der Waals surface area (Å²) in [7, 11) is 0. The van der Waals surface area contributed by atoms with E-state index in [4.69, 9.17) is 9.47 Å². The van der Waals surface area contributed by atoms with E-state index in [1.807, 2.05) is 24.3 Å². The average Bonchev–Trinajstić information content (AvgIpc) is 3.84. The van der Waals surface area contributed by atoms with Crippen LogP contribution in [0.3, 0.4) is 0 Å². The van der Waals surface area contributed by atoms with Crippen LogP contribution < -0.4 is 5.32 Å². The predicted octanol–water partition coefficient (Wildman–Crippen LogP) is 4.78. The number of ether oxygens (including phenoxy) is 2. The van der Waals surface area contributed by atoms with E-state index >= 15 is 0 Å². The highest BCUT2D eigenvalue weighted by molar-refractivity contribution is 5.98. The number of hydrogen-bond donors (Lipinski definition) is 2. The van der Waals surface area contributed by atoms with Gasteiger partial charge >= 0.3 is 12.1 Å². The molecule has 0 aromatic heterocycles. The summed E-state index contributed by atoms with van der Waals surface area (Å²) in [5.74, 6) is -2.63. The fourth-order valence-electron chi connectivity index (χ4n) is 7.29. The monoisotopic (exact) mass is 644 g/mol. The Morgan fingerprint density at radius 3 is 2.24 bits per heavy atom.